The Labute approximate surface area is 144 Å². The molecule has 0 spiro atoms. The second kappa shape index (κ2) is 10.3. The van der Waals surface area contributed by atoms with Crippen LogP contribution in [0.2, 0.25) is 0 Å². The average Bonchev–Trinajstić information content (AvgIpc) is 3.12. The van der Waals surface area contributed by atoms with Crippen molar-refractivity contribution in [3.63, 3.8) is 0 Å². The number of rotatable bonds is 3. The maximum atomic E-state index is 11.7. The van der Waals surface area contributed by atoms with Crippen LogP contribution in [0.5, 0.6) is 0 Å². The number of allylic oxidation sites excluding steroid dienone is 4. The molecular formula is C21H25NO2. The normalized spacial score (nSPS) is 12.5. The van der Waals surface area contributed by atoms with Crippen LogP contribution < -0.4 is 0 Å². The molecule has 3 rings (SSSR count). The number of nitrogens with zero attached hydrogens (tertiary/aromatic N) is 1. The molecule has 0 saturated carbocycles. The van der Waals surface area contributed by atoms with Crippen molar-refractivity contribution in [2.45, 2.75) is 27.2 Å². The molecule has 0 unspecified atom stereocenters. The van der Waals surface area contributed by atoms with E-state index in [4.69, 9.17) is 5.11 Å². The van der Waals surface area contributed by atoms with Crippen LogP contribution in [0.15, 0.2) is 66.5 Å². The van der Waals surface area contributed by atoms with Gasteiger partial charge in [-0.25, -0.2) is 0 Å². The zero-order valence-electron chi connectivity index (χ0n) is 14.8. The number of ketones is 1. The van der Waals surface area contributed by atoms with Crippen LogP contribution in [0.3, 0.4) is 0 Å². The summed E-state index contributed by atoms with van der Waals surface area (Å²) in [6, 6.07) is 14.2. The monoisotopic (exact) mass is 323 g/mol. The summed E-state index contributed by atoms with van der Waals surface area (Å²) < 4.78 is 0. The minimum Gasteiger partial charge on any atom is -0.400 e. The molecule has 0 aliphatic heterocycles. The van der Waals surface area contributed by atoms with Crippen LogP contribution in [0.1, 0.15) is 38.3 Å². The van der Waals surface area contributed by atoms with Crippen molar-refractivity contribution >= 4 is 16.9 Å². The van der Waals surface area contributed by atoms with Crippen molar-refractivity contribution < 1.29 is 9.90 Å². The maximum Gasteiger partial charge on any atom is 0.156 e. The average molecular weight is 323 g/mol. The molecule has 1 aromatic heterocycles. The Hall–Kier alpha value is -2.52. The summed E-state index contributed by atoms with van der Waals surface area (Å²) in [6.45, 7) is 5.63. The Morgan fingerprint density at radius 1 is 0.958 bits per heavy atom. The number of Topliss-reactive ketones (excluding diaryl/α,β-unsaturated/α-hetero) is 1. The van der Waals surface area contributed by atoms with Crippen molar-refractivity contribution in [1.82, 2.24) is 4.98 Å². The molecule has 1 aliphatic carbocycles. The van der Waals surface area contributed by atoms with E-state index >= 15 is 0 Å². The molecule has 1 N–H and O–H groups in total. The van der Waals surface area contributed by atoms with E-state index < -0.39 is 0 Å². The van der Waals surface area contributed by atoms with Crippen LogP contribution in [0.4, 0.5) is 0 Å². The minimum atomic E-state index is 0.141. The van der Waals surface area contributed by atoms with Crippen molar-refractivity contribution in [2.75, 3.05) is 7.11 Å². The zero-order chi connectivity index (χ0) is 17.9. The van der Waals surface area contributed by atoms with Gasteiger partial charge in [0.05, 0.1) is 0 Å². The van der Waals surface area contributed by atoms with Gasteiger partial charge in [0.25, 0.3) is 0 Å². The predicted octanol–water partition coefficient (Wildman–Crippen LogP) is 4.55. The summed E-state index contributed by atoms with van der Waals surface area (Å²) in [6.07, 6.45) is 6.30. The van der Waals surface area contributed by atoms with E-state index in [0.717, 1.165) is 29.4 Å². The Kier molecular flexibility index (Phi) is 8.37. The van der Waals surface area contributed by atoms with E-state index in [1.165, 1.54) is 5.57 Å². The minimum absolute atomic E-state index is 0.141. The molecule has 0 atom stereocenters. The number of carbonyl (C=O) groups excluding carboxylic acids is 1. The summed E-state index contributed by atoms with van der Waals surface area (Å²) in [5.74, 6) is 0.141. The lowest BCUT2D eigenvalue weighted by Gasteiger charge is -2.07. The standard InChI is InChI=1S/C18H15NO.C2H6.CH4O/c1-13(20)16-11-17(14-5-3-2-4-6-14)18(12-16)15-7-9-19-10-8-15;2*1-2/h2-11H,12H2,1H3;1-2H3;2H,1H3. The second-order valence-electron chi connectivity index (χ2n) is 4.90. The summed E-state index contributed by atoms with van der Waals surface area (Å²) in [4.78, 5) is 15.8. The predicted molar refractivity (Wildman–Crippen MR) is 100 cm³/mol. The van der Waals surface area contributed by atoms with Gasteiger partial charge < -0.3 is 5.11 Å². The summed E-state index contributed by atoms with van der Waals surface area (Å²) in [5.41, 5.74) is 5.49. The summed E-state index contributed by atoms with van der Waals surface area (Å²) in [5, 5.41) is 7.00. The molecule has 3 heteroatoms. The quantitative estimate of drug-likeness (QED) is 0.901. The van der Waals surface area contributed by atoms with Crippen molar-refractivity contribution in [1.29, 1.82) is 0 Å². The van der Waals surface area contributed by atoms with E-state index in [1.54, 1.807) is 19.3 Å². The van der Waals surface area contributed by atoms with E-state index in [9.17, 15) is 4.79 Å². The van der Waals surface area contributed by atoms with E-state index in [1.807, 2.05) is 50.3 Å². The Morgan fingerprint density at radius 2 is 1.54 bits per heavy atom. The molecular weight excluding hydrogens is 298 g/mol. The topological polar surface area (TPSA) is 50.2 Å². The van der Waals surface area contributed by atoms with Gasteiger partial charge in [0.1, 0.15) is 0 Å². The molecule has 0 amide bonds. The molecule has 3 nitrogen and oxygen atoms in total. The number of hydrogen-bond donors (Lipinski definition) is 1. The third-order valence-corrected chi connectivity index (χ3v) is 3.58. The lowest BCUT2D eigenvalue weighted by molar-refractivity contribution is -0.113. The van der Waals surface area contributed by atoms with Gasteiger partial charge in [-0.15, -0.1) is 0 Å². The SMILES string of the molecule is CC.CC(=O)C1=CC(c2ccccc2)=C(c2ccncc2)C1.CO. The summed E-state index contributed by atoms with van der Waals surface area (Å²) in [7, 11) is 1.00. The van der Waals surface area contributed by atoms with Gasteiger partial charge in [0, 0.05) is 25.9 Å². The molecule has 2 aromatic rings. The molecule has 0 saturated heterocycles. The van der Waals surface area contributed by atoms with Gasteiger partial charge in [0.15, 0.2) is 5.78 Å². The van der Waals surface area contributed by atoms with Crippen LogP contribution in [-0.2, 0) is 4.79 Å². The molecule has 0 fully saturated rings. The first-order valence-corrected chi connectivity index (χ1v) is 8.11. The Bertz CT molecular complexity index is 701. The van der Waals surface area contributed by atoms with Gasteiger partial charge in [-0.3, -0.25) is 9.78 Å². The molecule has 1 aromatic carbocycles. The lowest BCUT2D eigenvalue weighted by atomic mass is 9.97. The summed E-state index contributed by atoms with van der Waals surface area (Å²) >= 11 is 0. The molecule has 24 heavy (non-hydrogen) atoms. The highest BCUT2D eigenvalue weighted by molar-refractivity contribution is 6.08. The first-order valence-electron chi connectivity index (χ1n) is 8.11. The van der Waals surface area contributed by atoms with Crippen LogP contribution >= 0.6 is 0 Å². The van der Waals surface area contributed by atoms with Crippen molar-refractivity contribution in [3.05, 3.63) is 77.6 Å². The fourth-order valence-electron chi connectivity index (χ4n) is 2.51. The second-order valence-corrected chi connectivity index (χ2v) is 4.90. The smallest absolute Gasteiger partial charge is 0.156 e. The van der Waals surface area contributed by atoms with Gasteiger partial charge in [-0.1, -0.05) is 44.2 Å². The highest BCUT2D eigenvalue weighted by Gasteiger charge is 2.20. The third-order valence-electron chi connectivity index (χ3n) is 3.58. The third kappa shape index (κ3) is 4.74. The van der Waals surface area contributed by atoms with Crippen LogP contribution in [0.25, 0.3) is 11.1 Å². The van der Waals surface area contributed by atoms with E-state index in [0.29, 0.717) is 6.42 Å². The first kappa shape index (κ1) is 19.5. The van der Waals surface area contributed by atoms with Crippen molar-refractivity contribution in [2.24, 2.45) is 0 Å². The molecule has 0 bridgehead atoms. The van der Waals surface area contributed by atoms with Crippen LogP contribution in [-0.4, -0.2) is 23.0 Å². The fourth-order valence-corrected chi connectivity index (χ4v) is 2.51. The van der Waals surface area contributed by atoms with Gasteiger partial charge in [-0.2, -0.15) is 0 Å². The number of aliphatic hydroxyl groups excluding tert-OH is 1. The number of pyridine rings is 1. The molecule has 1 aliphatic rings. The van der Waals surface area contributed by atoms with Crippen molar-refractivity contribution in [3.8, 4) is 0 Å². The highest BCUT2D eigenvalue weighted by atomic mass is 16.2. The highest BCUT2D eigenvalue weighted by Crippen LogP contribution is 2.38. The zero-order valence-corrected chi connectivity index (χ0v) is 14.8. The van der Waals surface area contributed by atoms with Gasteiger partial charge >= 0.3 is 0 Å². The fraction of sp³-hybridized carbons (Fsp3) is 0.238. The maximum absolute atomic E-state index is 11.7. The molecule has 0 radical (unpaired) electrons. The number of aliphatic hydroxyl groups is 1. The molecule has 1 heterocycles. The Morgan fingerprint density at radius 3 is 2.08 bits per heavy atom. The number of hydrogen-bond acceptors (Lipinski definition) is 3. The Balaban J connectivity index is 0.000000671. The molecule has 126 valence electrons. The number of aromatic nitrogens is 1. The lowest BCUT2D eigenvalue weighted by Crippen LogP contribution is -1.94. The number of benzene rings is 1. The van der Waals surface area contributed by atoms with Gasteiger partial charge in [0.2, 0.25) is 0 Å². The van der Waals surface area contributed by atoms with E-state index in [2.05, 4.69) is 17.1 Å². The number of carbonyl (C=O) groups is 1. The van der Waals surface area contributed by atoms with Gasteiger partial charge in [-0.05, 0) is 53.0 Å². The first-order chi connectivity index (χ1) is 11.8. The largest absolute Gasteiger partial charge is 0.400 e. The van der Waals surface area contributed by atoms with Crippen LogP contribution in [0, 0.1) is 0 Å². The van der Waals surface area contributed by atoms with E-state index in [-0.39, 0.29) is 5.78 Å².